The van der Waals surface area contributed by atoms with Gasteiger partial charge in [0.25, 0.3) is 15.9 Å². The predicted octanol–water partition coefficient (Wildman–Crippen LogP) is 4.38. The van der Waals surface area contributed by atoms with Gasteiger partial charge in [0.15, 0.2) is 0 Å². The van der Waals surface area contributed by atoms with Crippen LogP contribution in [-0.2, 0) is 16.6 Å². The van der Waals surface area contributed by atoms with Gasteiger partial charge in [0.2, 0.25) is 0 Å². The van der Waals surface area contributed by atoms with Crippen LogP contribution in [0.25, 0.3) is 0 Å². The lowest BCUT2D eigenvalue weighted by Gasteiger charge is -2.20. The van der Waals surface area contributed by atoms with Crippen molar-refractivity contribution >= 4 is 21.6 Å². The highest BCUT2D eigenvalue weighted by Gasteiger charge is 2.22. The Hall–Kier alpha value is -3.12. The van der Waals surface area contributed by atoms with Gasteiger partial charge in [-0.3, -0.25) is 9.52 Å². The quantitative estimate of drug-likeness (QED) is 0.658. The summed E-state index contributed by atoms with van der Waals surface area (Å²) in [4.78, 5) is 14.8. The van der Waals surface area contributed by atoms with E-state index in [4.69, 9.17) is 0 Å². The van der Waals surface area contributed by atoms with E-state index in [-0.39, 0.29) is 16.5 Å². The van der Waals surface area contributed by atoms with E-state index >= 15 is 0 Å². The Kier molecular flexibility index (Phi) is 6.03. The van der Waals surface area contributed by atoms with E-state index < -0.39 is 10.0 Å². The molecule has 0 fully saturated rings. The summed E-state index contributed by atoms with van der Waals surface area (Å²) >= 11 is 0. The van der Waals surface area contributed by atoms with E-state index in [1.54, 1.807) is 55.3 Å². The van der Waals surface area contributed by atoms with Gasteiger partial charge in [-0.05, 0) is 48.7 Å². The lowest BCUT2D eigenvalue weighted by molar-refractivity contribution is 0.0786. The molecule has 3 rings (SSSR count). The summed E-state index contributed by atoms with van der Waals surface area (Å²) in [5.41, 5.74) is 3.06. The summed E-state index contributed by atoms with van der Waals surface area (Å²) in [5.74, 6) is -0.256. The molecule has 5 nitrogen and oxygen atoms in total. The molecule has 0 unspecified atom stereocenters. The number of sulfonamides is 1. The van der Waals surface area contributed by atoms with Crippen molar-refractivity contribution in [2.45, 2.75) is 25.3 Å². The predicted molar refractivity (Wildman–Crippen MR) is 115 cm³/mol. The molecule has 0 aromatic heterocycles. The van der Waals surface area contributed by atoms with Gasteiger partial charge in [0, 0.05) is 13.6 Å². The van der Waals surface area contributed by atoms with Gasteiger partial charge in [-0.2, -0.15) is 0 Å². The third-order valence-corrected chi connectivity index (χ3v) is 6.15. The molecule has 29 heavy (non-hydrogen) atoms. The summed E-state index contributed by atoms with van der Waals surface area (Å²) < 4.78 is 28.5. The van der Waals surface area contributed by atoms with Crippen LogP contribution in [-0.4, -0.2) is 26.3 Å². The lowest BCUT2D eigenvalue weighted by atomic mass is 10.1. The second kappa shape index (κ2) is 8.49. The fourth-order valence-electron chi connectivity index (χ4n) is 3.09. The van der Waals surface area contributed by atoms with Crippen LogP contribution >= 0.6 is 0 Å². The van der Waals surface area contributed by atoms with E-state index in [9.17, 15) is 13.2 Å². The number of hydrogen-bond donors (Lipinski definition) is 1. The zero-order chi connectivity index (χ0) is 21.0. The van der Waals surface area contributed by atoms with E-state index in [0.717, 1.165) is 11.1 Å². The molecule has 150 valence electrons. The zero-order valence-corrected chi connectivity index (χ0v) is 17.5. The Bertz CT molecular complexity index is 1130. The number of anilines is 1. The molecular formula is C23H24N2O3S. The van der Waals surface area contributed by atoms with Crippen LogP contribution in [0, 0.1) is 13.8 Å². The van der Waals surface area contributed by atoms with Crippen LogP contribution in [0.15, 0.2) is 77.7 Å². The van der Waals surface area contributed by atoms with E-state index in [0.29, 0.717) is 17.7 Å². The Morgan fingerprint density at radius 3 is 2.31 bits per heavy atom. The number of benzene rings is 3. The molecule has 0 aliphatic carbocycles. The molecule has 1 amide bonds. The molecule has 0 saturated heterocycles. The second-order valence-corrected chi connectivity index (χ2v) is 8.72. The third-order valence-electron chi connectivity index (χ3n) is 4.64. The minimum atomic E-state index is -3.83. The van der Waals surface area contributed by atoms with Crippen molar-refractivity contribution in [3.63, 3.8) is 0 Å². The SMILES string of the molecule is Cc1ccc(C)c(S(=O)(=O)Nc2ccccc2C(=O)N(C)Cc2ccccc2)c1. The van der Waals surface area contributed by atoms with Crippen LogP contribution in [0.3, 0.4) is 0 Å². The Morgan fingerprint density at radius 1 is 0.931 bits per heavy atom. The summed E-state index contributed by atoms with van der Waals surface area (Å²) in [6.45, 7) is 4.02. The number of rotatable bonds is 6. The Morgan fingerprint density at radius 2 is 1.59 bits per heavy atom. The first-order chi connectivity index (χ1) is 13.8. The molecule has 0 bridgehead atoms. The van der Waals surface area contributed by atoms with Crippen LogP contribution < -0.4 is 4.72 Å². The largest absolute Gasteiger partial charge is 0.337 e. The first-order valence-electron chi connectivity index (χ1n) is 9.26. The molecule has 6 heteroatoms. The summed E-state index contributed by atoms with van der Waals surface area (Å²) in [6.07, 6.45) is 0. The number of nitrogens with one attached hydrogen (secondary N) is 1. The number of amides is 1. The first kappa shape index (κ1) is 20.6. The molecule has 3 aromatic rings. The second-order valence-electron chi connectivity index (χ2n) is 7.07. The van der Waals surface area contributed by atoms with Gasteiger partial charge in [-0.1, -0.05) is 54.6 Å². The zero-order valence-electron chi connectivity index (χ0n) is 16.7. The summed E-state index contributed by atoms with van der Waals surface area (Å²) in [7, 11) is -2.13. The molecule has 0 aliphatic heterocycles. The number of hydrogen-bond acceptors (Lipinski definition) is 3. The van der Waals surface area contributed by atoms with Crippen LogP contribution in [0.4, 0.5) is 5.69 Å². The third kappa shape index (κ3) is 4.84. The van der Waals surface area contributed by atoms with Crippen LogP contribution in [0.2, 0.25) is 0 Å². The van der Waals surface area contributed by atoms with Crippen molar-refractivity contribution < 1.29 is 13.2 Å². The number of para-hydroxylation sites is 1. The van der Waals surface area contributed by atoms with Gasteiger partial charge >= 0.3 is 0 Å². The van der Waals surface area contributed by atoms with Gasteiger partial charge < -0.3 is 4.90 Å². The molecule has 0 heterocycles. The van der Waals surface area contributed by atoms with Gasteiger partial charge in [-0.25, -0.2) is 8.42 Å². The molecule has 3 aromatic carbocycles. The van der Waals surface area contributed by atoms with E-state index in [2.05, 4.69) is 4.72 Å². The smallest absolute Gasteiger partial charge is 0.262 e. The molecule has 1 N–H and O–H groups in total. The van der Waals surface area contributed by atoms with Gasteiger partial charge in [0.1, 0.15) is 0 Å². The highest BCUT2D eigenvalue weighted by Crippen LogP contribution is 2.24. The maximum Gasteiger partial charge on any atom is 0.262 e. The van der Waals surface area contributed by atoms with E-state index in [1.807, 2.05) is 43.3 Å². The van der Waals surface area contributed by atoms with E-state index in [1.165, 1.54) is 0 Å². The first-order valence-corrected chi connectivity index (χ1v) is 10.7. The van der Waals surface area contributed by atoms with Crippen molar-refractivity contribution in [1.82, 2.24) is 4.90 Å². The maximum atomic E-state index is 13.0. The number of nitrogens with zero attached hydrogens (tertiary/aromatic N) is 1. The van der Waals surface area contributed by atoms with Crippen molar-refractivity contribution in [2.75, 3.05) is 11.8 Å². The Labute approximate surface area is 172 Å². The lowest BCUT2D eigenvalue weighted by Crippen LogP contribution is -2.27. The van der Waals surface area contributed by atoms with Crippen LogP contribution in [0.5, 0.6) is 0 Å². The van der Waals surface area contributed by atoms with Gasteiger partial charge in [0.05, 0.1) is 16.1 Å². The highest BCUT2D eigenvalue weighted by atomic mass is 32.2. The normalized spacial score (nSPS) is 11.1. The molecule has 0 radical (unpaired) electrons. The molecular weight excluding hydrogens is 384 g/mol. The number of carbonyl (C=O) groups is 1. The van der Waals surface area contributed by atoms with Crippen LogP contribution in [0.1, 0.15) is 27.0 Å². The van der Waals surface area contributed by atoms with Crippen molar-refractivity contribution in [1.29, 1.82) is 0 Å². The fraction of sp³-hybridized carbons (Fsp3) is 0.174. The standard InChI is InChI=1S/C23H24N2O3S/c1-17-13-14-18(2)22(15-17)29(27,28)24-21-12-8-7-11-20(21)23(26)25(3)16-19-9-5-4-6-10-19/h4-15,24H,16H2,1-3H3. The summed E-state index contributed by atoms with van der Waals surface area (Å²) in [5, 5.41) is 0. The Balaban J connectivity index is 1.89. The molecule has 0 spiro atoms. The minimum absolute atomic E-state index is 0.206. The average Bonchev–Trinajstić information content (AvgIpc) is 2.70. The van der Waals surface area contributed by atoms with Crippen molar-refractivity contribution in [2.24, 2.45) is 0 Å². The maximum absolute atomic E-state index is 13.0. The average molecular weight is 409 g/mol. The fourth-order valence-corrected chi connectivity index (χ4v) is 4.50. The summed E-state index contributed by atoms with van der Waals surface area (Å²) in [6, 6.07) is 21.6. The highest BCUT2D eigenvalue weighted by molar-refractivity contribution is 7.92. The minimum Gasteiger partial charge on any atom is -0.337 e. The molecule has 0 aliphatic rings. The topological polar surface area (TPSA) is 66.5 Å². The molecule has 0 atom stereocenters. The van der Waals surface area contributed by atoms with Crippen molar-refractivity contribution in [3.8, 4) is 0 Å². The van der Waals surface area contributed by atoms with Gasteiger partial charge in [-0.15, -0.1) is 0 Å². The number of aryl methyl sites for hydroxylation is 2. The number of carbonyl (C=O) groups excluding carboxylic acids is 1. The molecule has 0 saturated carbocycles. The van der Waals surface area contributed by atoms with Crippen molar-refractivity contribution in [3.05, 3.63) is 95.1 Å². The monoisotopic (exact) mass is 408 g/mol.